The average Bonchev–Trinajstić information content (AvgIpc) is 2.69. The summed E-state index contributed by atoms with van der Waals surface area (Å²) in [6, 6.07) is 10.4. The molecule has 0 aromatic heterocycles. The zero-order chi connectivity index (χ0) is 17.5. The zero-order valence-electron chi connectivity index (χ0n) is 15.0. The molecule has 1 aromatic carbocycles. The summed E-state index contributed by atoms with van der Waals surface area (Å²) in [4.78, 5) is 16.9. The first-order chi connectivity index (χ1) is 12.2. The Labute approximate surface area is 156 Å². The van der Waals surface area contributed by atoms with Crippen LogP contribution in [0.5, 0.6) is 0 Å². The number of piperazine rings is 1. The van der Waals surface area contributed by atoms with Crippen molar-refractivity contribution in [1.29, 1.82) is 0 Å². The fraction of sp³-hybridized carbons (Fsp3) is 0.600. The quantitative estimate of drug-likeness (QED) is 0.839. The van der Waals surface area contributed by atoms with Crippen LogP contribution in [0.2, 0.25) is 0 Å². The predicted octanol–water partition coefficient (Wildman–Crippen LogP) is 2.83. The Morgan fingerprint density at radius 3 is 2.32 bits per heavy atom. The molecule has 0 unspecified atom stereocenters. The standard InChI is InChI=1S/C20H29N3OS/c24-19(18-9-5-2-6-10-18)22-13-15-23(16-14-22)20(25)21-12-11-17-7-3-1-4-8-17/h1,3-4,7-8,18H,2,5-6,9-16H2,(H,21,25). The highest BCUT2D eigenvalue weighted by Gasteiger charge is 2.28. The Hall–Kier alpha value is -1.62. The van der Waals surface area contributed by atoms with Crippen LogP contribution in [0, 0.1) is 5.92 Å². The number of hydrogen-bond donors (Lipinski definition) is 1. The van der Waals surface area contributed by atoms with Gasteiger partial charge in [-0.2, -0.15) is 0 Å². The van der Waals surface area contributed by atoms with Gasteiger partial charge in [0.05, 0.1) is 0 Å². The molecular formula is C20H29N3OS. The minimum atomic E-state index is 0.274. The maximum absolute atomic E-state index is 12.6. The Balaban J connectivity index is 1.37. The molecule has 2 aliphatic rings. The van der Waals surface area contributed by atoms with Crippen molar-refractivity contribution in [3.8, 4) is 0 Å². The number of hydrogen-bond acceptors (Lipinski definition) is 2. The van der Waals surface area contributed by atoms with E-state index in [1.165, 1.54) is 24.8 Å². The number of amides is 1. The Bertz CT molecular complexity index is 564. The summed E-state index contributed by atoms with van der Waals surface area (Å²) in [5.74, 6) is 0.651. The summed E-state index contributed by atoms with van der Waals surface area (Å²) < 4.78 is 0. The number of carbonyl (C=O) groups is 1. The van der Waals surface area contributed by atoms with Crippen molar-refractivity contribution in [2.45, 2.75) is 38.5 Å². The van der Waals surface area contributed by atoms with Gasteiger partial charge >= 0.3 is 0 Å². The van der Waals surface area contributed by atoms with E-state index in [2.05, 4.69) is 39.4 Å². The second-order valence-corrected chi connectivity index (χ2v) is 7.50. The summed E-state index contributed by atoms with van der Waals surface area (Å²) >= 11 is 5.53. The third kappa shape index (κ3) is 5.18. The molecule has 0 spiro atoms. The van der Waals surface area contributed by atoms with Gasteiger partial charge in [0.1, 0.15) is 0 Å². The zero-order valence-corrected chi connectivity index (χ0v) is 15.8. The topological polar surface area (TPSA) is 35.6 Å². The first-order valence-electron chi connectivity index (χ1n) is 9.59. The Morgan fingerprint density at radius 2 is 1.64 bits per heavy atom. The predicted molar refractivity (Wildman–Crippen MR) is 105 cm³/mol. The van der Waals surface area contributed by atoms with Gasteiger partial charge in [-0.1, -0.05) is 49.6 Å². The van der Waals surface area contributed by atoms with Gasteiger partial charge in [0, 0.05) is 38.6 Å². The molecule has 25 heavy (non-hydrogen) atoms. The van der Waals surface area contributed by atoms with Crippen LogP contribution < -0.4 is 5.32 Å². The largest absolute Gasteiger partial charge is 0.362 e. The molecule has 3 rings (SSSR count). The van der Waals surface area contributed by atoms with E-state index >= 15 is 0 Å². The minimum absolute atomic E-state index is 0.274. The van der Waals surface area contributed by atoms with Crippen molar-refractivity contribution in [2.75, 3.05) is 32.7 Å². The van der Waals surface area contributed by atoms with Crippen molar-refractivity contribution in [3.63, 3.8) is 0 Å². The first kappa shape index (κ1) is 18.2. The molecule has 2 fully saturated rings. The van der Waals surface area contributed by atoms with Gasteiger partial charge < -0.3 is 15.1 Å². The molecule has 0 bridgehead atoms. The number of carbonyl (C=O) groups excluding carboxylic acids is 1. The lowest BCUT2D eigenvalue weighted by Crippen LogP contribution is -2.54. The van der Waals surface area contributed by atoms with Gasteiger partial charge in [-0.3, -0.25) is 4.79 Å². The monoisotopic (exact) mass is 359 g/mol. The molecular weight excluding hydrogens is 330 g/mol. The molecule has 1 heterocycles. The maximum atomic E-state index is 12.6. The van der Waals surface area contributed by atoms with Crippen LogP contribution in [0.3, 0.4) is 0 Å². The van der Waals surface area contributed by atoms with E-state index in [1.54, 1.807) is 0 Å². The molecule has 1 aliphatic heterocycles. The fourth-order valence-corrected chi connectivity index (χ4v) is 4.09. The van der Waals surface area contributed by atoms with Gasteiger partial charge in [-0.25, -0.2) is 0 Å². The van der Waals surface area contributed by atoms with Crippen molar-refractivity contribution >= 4 is 23.2 Å². The molecule has 0 atom stereocenters. The van der Waals surface area contributed by atoms with Crippen molar-refractivity contribution in [3.05, 3.63) is 35.9 Å². The summed E-state index contributed by atoms with van der Waals surface area (Å²) in [6.07, 6.45) is 6.86. The highest BCUT2D eigenvalue weighted by molar-refractivity contribution is 7.80. The van der Waals surface area contributed by atoms with Crippen molar-refractivity contribution in [2.24, 2.45) is 5.92 Å². The fourth-order valence-electron chi connectivity index (χ4n) is 3.81. The lowest BCUT2D eigenvalue weighted by atomic mass is 9.88. The average molecular weight is 360 g/mol. The molecule has 1 saturated carbocycles. The van der Waals surface area contributed by atoms with Crippen LogP contribution in [0.1, 0.15) is 37.7 Å². The van der Waals surface area contributed by atoms with E-state index in [9.17, 15) is 4.79 Å². The van der Waals surface area contributed by atoms with Crippen LogP contribution in [0.25, 0.3) is 0 Å². The number of nitrogens with zero attached hydrogens (tertiary/aromatic N) is 2. The molecule has 1 saturated heterocycles. The Morgan fingerprint density at radius 1 is 1.00 bits per heavy atom. The minimum Gasteiger partial charge on any atom is -0.362 e. The van der Waals surface area contributed by atoms with E-state index < -0.39 is 0 Å². The number of rotatable bonds is 4. The first-order valence-corrected chi connectivity index (χ1v) is 10.0. The van der Waals surface area contributed by atoms with Gasteiger partial charge in [0.15, 0.2) is 5.11 Å². The maximum Gasteiger partial charge on any atom is 0.225 e. The normalized spacial score (nSPS) is 18.9. The lowest BCUT2D eigenvalue weighted by molar-refractivity contribution is -0.137. The summed E-state index contributed by atoms with van der Waals surface area (Å²) in [6.45, 7) is 4.14. The number of nitrogens with one attached hydrogen (secondary N) is 1. The van der Waals surface area contributed by atoms with Crippen LogP contribution in [0.15, 0.2) is 30.3 Å². The van der Waals surface area contributed by atoms with Gasteiger partial charge in [0.2, 0.25) is 5.91 Å². The van der Waals surface area contributed by atoms with Gasteiger partial charge in [-0.05, 0) is 37.0 Å². The highest BCUT2D eigenvalue weighted by Crippen LogP contribution is 2.25. The molecule has 1 aliphatic carbocycles. The third-order valence-corrected chi connectivity index (χ3v) is 5.77. The second-order valence-electron chi connectivity index (χ2n) is 7.11. The summed E-state index contributed by atoms with van der Waals surface area (Å²) in [7, 11) is 0. The third-order valence-electron chi connectivity index (χ3n) is 5.37. The van der Waals surface area contributed by atoms with E-state index in [1.807, 2.05) is 6.07 Å². The van der Waals surface area contributed by atoms with Crippen molar-refractivity contribution in [1.82, 2.24) is 15.1 Å². The van der Waals surface area contributed by atoms with Crippen LogP contribution in [-0.2, 0) is 11.2 Å². The van der Waals surface area contributed by atoms with E-state index in [4.69, 9.17) is 12.2 Å². The van der Waals surface area contributed by atoms with Crippen LogP contribution in [0.4, 0.5) is 0 Å². The number of thiocarbonyl (C=S) groups is 1. The van der Waals surface area contributed by atoms with Gasteiger partial charge in [0.25, 0.3) is 0 Å². The molecule has 5 heteroatoms. The molecule has 1 N–H and O–H groups in total. The highest BCUT2D eigenvalue weighted by atomic mass is 32.1. The number of benzene rings is 1. The second kappa shape index (κ2) is 9.18. The molecule has 4 nitrogen and oxygen atoms in total. The van der Waals surface area contributed by atoms with E-state index in [0.29, 0.717) is 5.91 Å². The van der Waals surface area contributed by atoms with Gasteiger partial charge in [-0.15, -0.1) is 0 Å². The van der Waals surface area contributed by atoms with E-state index in [0.717, 1.165) is 57.1 Å². The summed E-state index contributed by atoms with van der Waals surface area (Å²) in [5.41, 5.74) is 1.32. The smallest absolute Gasteiger partial charge is 0.225 e. The van der Waals surface area contributed by atoms with Crippen LogP contribution >= 0.6 is 12.2 Å². The Kier molecular flexibility index (Phi) is 6.68. The molecule has 0 radical (unpaired) electrons. The van der Waals surface area contributed by atoms with Crippen LogP contribution in [-0.4, -0.2) is 53.5 Å². The molecule has 136 valence electrons. The van der Waals surface area contributed by atoms with Crippen molar-refractivity contribution < 1.29 is 4.79 Å². The SMILES string of the molecule is O=C(C1CCCCC1)N1CCN(C(=S)NCCc2ccccc2)CC1. The summed E-state index contributed by atoms with van der Waals surface area (Å²) in [5, 5.41) is 4.18. The lowest BCUT2D eigenvalue weighted by Gasteiger charge is -2.38. The molecule has 1 aromatic rings. The molecule has 1 amide bonds. The van der Waals surface area contributed by atoms with E-state index in [-0.39, 0.29) is 5.92 Å².